The van der Waals surface area contributed by atoms with Gasteiger partial charge in [-0.15, -0.1) is 5.10 Å². The lowest BCUT2D eigenvalue weighted by Gasteiger charge is -2.13. The topological polar surface area (TPSA) is 61.0 Å². The third kappa shape index (κ3) is 3.80. The zero-order valence-electron chi connectivity index (χ0n) is 9.84. The number of nitrogens with zero attached hydrogens (tertiary/aromatic N) is 2. The van der Waals surface area contributed by atoms with Crippen LogP contribution in [0, 0.1) is 13.8 Å². The van der Waals surface area contributed by atoms with Gasteiger partial charge in [-0.1, -0.05) is 12.2 Å². The van der Waals surface area contributed by atoms with Crippen molar-refractivity contribution in [3.05, 3.63) is 16.8 Å². The van der Waals surface area contributed by atoms with E-state index in [1.54, 1.807) is 13.8 Å². The third-order valence-corrected chi connectivity index (χ3v) is 2.50. The Hall–Kier alpha value is -1.44. The first-order valence-electron chi connectivity index (χ1n) is 5.05. The minimum absolute atomic E-state index is 0.0208. The highest BCUT2D eigenvalue weighted by molar-refractivity contribution is 7.80. The Balaban J connectivity index is 2.89. The fraction of sp³-hybridized carbons (Fsp3) is 0.500. The Bertz CT molecular complexity index is 462. The number of rotatable bonds is 4. The molecule has 0 bridgehead atoms. The van der Waals surface area contributed by atoms with Crippen molar-refractivity contribution in [2.75, 3.05) is 6.61 Å². The van der Waals surface area contributed by atoms with Gasteiger partial charge < -0.3 is 10.5 Å². The zero-order valence-corrected chi connectivity index (χ0v) is 10.7. The maximum atomic E-state index is 12.0. The summed E-state index contributed by atoms with van der Waals surface area (Å²) in [6.45, 7) is 2.86. The molecule has 18 heavy (non-hydrogen) atoms. The molecule has 0 radical (unpaired) electrons. The molecule has 1 rings (SSSR count). The molecule has 1 aromatic heterocycles. The lowest BCUT2D eigenvalue weighted by molar-refractivity contribution is -0.139. The molecule has 0 saturated heterocycles. The van der Waals surface area contributed by atoms with Gasteiger partial charge in [-0.05, 0) is 19.4 Å². The van der Waals surface area contributed by atoms with E-state index in [0.29, 0.717) is 16.8 Å². The molecule has 0 saturated carbocycles. The van der Waals surface area contributed by atoms with Crippen LogP contribution in [0.15, 0.2) is 0 Å². The zero-order chi connectivity index (χ0) is 13.9. The predicted octanol–water partition coefficient (Wildman–Crippen LogP) is 2.06. The van der Waals surface area contributed by atoms with Crippen molar-refractivity contribution < 1.29 is 17.9 Å². The summed E-state index contributed by atoms with van der Waals surface area (Å²) in [6, 6.07) is 0. The number of hydrogen-bond donors (Lipinski definition) is 1. The molecule has 0 fully saturated rings. The van der Waals surface area contributed by atoms with Crippen LogP contribution in [0.1, 0.15) is 23.2 Å². The van der Waals surface area contributed by atoms with Crippen molar-refractivity contribution >= 4 is 17.2 Å². The van der Waals surface area contributed by atoms with E-state index in [1.807, 2.05) is 0 Å². The summed E-state index contributed by atoms with van der Waals surface area (Å²) in [5.74, 6) is -0.0603. The van der Waals surface area contributed by atoms with Gasteiger partial charge >= 0.3 is 6.18 Å². The van der Waals surface area contributed by atoms with Gasteiger partial charge in [0.2, 0.25) is 5.88 Å². The molecule has 0 amide bonds. The molecule has 4 nitrogen and oxygen atoms in total. The van der Waals surface area contributed by atoms with E-state index < -0.39 is 19.2 Å². The van der Waals surface area contributed by atoms with Crippen LogP contribution in [0.25, 0.3) is 0 Å². The number of aryl methyl sites for hydroxylation is 1. The van der Waals surface area contributed by atoms with Crippen molar-refractivity contribution in [3.8, 4) is 5.88 Å². The summed E-state index contributed by atoms with van der Waals surface area (Å²) in [6.07, 6.45) is -5.35. The van der Waals surface area contributed by atoms with Gasteiger partial charge in [-0.3, -0.25) is 0 Å². The van der Waals surface area contributed by atoms with Crippen molar-refractivity contribution in [2.24, 2.45) is 5.73 Å². The quantitative estimate of drug-likeness (QED) is 0.855. The SMILES string of the molecule is Cc1nnc(OCCC(F)(F)F)c(C(N)=S)c1C. The summed E-state index contributed by atoms with van der Waals surface area (Å²) in [4.78, 5) is 0.0208. The van der Waals surface area contributed by atoms with Crippen LogP contribution in [0.2, 0.25) is 0 Å². The Kier molecular flexibility index (Phi) is 4.44. The Morgan fingerprint density at radius 2 is 1.94 bits per heavy atom. The molecule has 0 aliphatic heterocycles. The molecule has 0 atom stereocenters. The Labute approximate surface area is 107 Å². The van der Waals surface area contributed by atoms with Crippen LogP contribution in [0.4, 0.5) is 13.2 Å². The van der Waals surface area contributed by atoms with E-state index >= 15 is 0 Å². The van der Waals surface area contributed by atoms with Gasteiger partial charge in [-0.2, -0.15) is 18.3 Å². The van der Waals surface area contributed by atoms with Gasteiger partial charge in [-0.25, -0.2) is 0 Å². The fourth-order valence-electron chi connectivity index (χ4n) is 1.24. The van der Waals surface area contributed by atoms with E-state index in [2.05, 4.69) is 10.2 Å². The molecule has 2 N–H and O–H groups in total. The van der Waals surface area contributed by atoms with Crippen molar-refractivity contribution in [1.29, 1.82) is 0 Å². The Morgan fingerprint density at radius 3 is 2.44 bits per heavy atom. The molecule has 0 aliphatic rings. The fourth-order valence-corrected chi connectivity index (χ4v) is 1.48. The summed E-state index contributed by atoms with van der Waals surface area (Å²) in [7, 11) is 0. The predicted molar refractivity (Wildman–Crippen MR) is 63.6 cm³/mol. The van der Waals surface area contributed by atoms with Gasteiger partial charge in [0.25, 0.3) is 0 Å². The molecule has 1 heterocycles. The van der Waals surface area contributed by atoms with Crippen molar-refractivity contribution in [2.45, 2.75) is 26.4 Å². The van der Waals surface area contributed by atoms with Crippen LogP contribution in [-0.2, 0) is 0 Å². The largest absolute Gasteiger partial charge is 0.476 e. The van der Waals surface area contributed by atoms with Crippen LogP contribution in [-0.4, -0.2) is 28.0 Å². The van der Waals surface area contributed by atoms with E-state index in [9.17, 15) is 13.2 Å². The van der Waals surface area contributed by atoms with Crippen LogP contribution >= 0.6 is 12.2 Å². The molecule has 0 spiro atoms. The van der Waals surface area contributed by atoms with Crippen LogP contribution in [0.5, 0.6) is 5.88 Å². The molecule has 0 aliphatic carbocycles. The second-order valence-electron chi connectivity index (χ2n) is 3.67. The lowest BCUT2D eigenvalue weighted by Crippen LogP contribution is -2.19. The number of aromatic nitrogens is 2. The highest BCUT2D eigenvalue weighted by Gasteiger charge is 2.27. The smallest absolute Gasteiger partial charge is 0.392 e. The summed E-state index contributed by atoms with van der Waals surface area (Å²) in [5.41, 5.74) is 7.09. The maximum absolute atomic E-state index is 12.0. The average molecular weight is 279 g/mol. The molecule has 1 aromatic rings. The number of thiocarbonyl (C=S) groups is 1. The van der Waals surface area contributed by atoms with Gasteiger partial charge in [0.1, 0.15) is 4.99 Å². The molecule has 8 heteroatoms. The molecular weight excluding hydrogens is 267 g/mol. The maximum Gasteiger partial charge on any atom is 0.392 e. The number of hydrogen-bond acceptors (Lipinski definition) is 4. The van der Waals surface area contributed by atoms with Gasteiger partial charge in [0.15, 0.2) is 0 Å². The second-order valence-corrected chi connectivity index (χ2v) is 4.11. The number of halogens is 3. The highest BCUT2D eigenvalue weighted by Crippen LogP contribution is 2.23. The van der Waals surface area contributed by atoms with Crippen molar-refractivity contribution in [1.82, 2.24) is 10.2 Å². The molecule has 0 aromatic carbocycles. The van der Waals surface area contributed by atoms with E-state index in [4.69, 9.17) is 22.7 Å². The minimum Gasteiger partial charge on any atom is -0.476 e. The standard InChI is InChI=1S/C10H12F3N3OS/c1-5-6(2)15-16-9(7(5)8(14)18)17-4-3-10(11,12)13/h3-4H2,1-2H3,(H2,14,18). The molecule has 100 valence electrons. The van der Waals surface area contributed by atoms with E-state index in [-0.39, 0.29) is 10.9 Å². The van der Waals surface area contributed by atoms with Gasteiger partial charge in [0, 0.05) is 0 Å². The number of nitrogens with two attached hydrogens (primary N) is 1. The minimum atomic E-state index is -4.28. The van der Waals surface area contributed by atoms with Crippen LogP contribution in [0.3, 0.4) is 0 Å². The van der Waals surface area contributed by atoms with Gasteiger partial charge in [0.05, 0.1) is 24.3 Å². The van der Waals surface area contributed by atoms with Crippen LogP contribution < -0.4 is 10.5 Å². The third-order valence-electron chi connectivity index (χ3n) is 2.29. The first-order chi connectivity index (χ1) is 8.22. The normalized spacial score (nSPS) is 11.4. The summed E-state index contributed by atoms with van der Waals surface area (Å²) in [5, 5.41) is 7.44. The van der Waals surface area contributed by atoms with E-state index in [1.165, 1.54) is 0 Å². The average Bonchev–Trinajstić information content (AvgIpc) is 2.21. The van der Waals surface area contributed by atoms with E-state index in [0.717, 1.165) is 0 Å². The molecule has 0 unspecified atom stereocenters. The second kappa shape index (κ2) is 5.47. The first-order valence-corrected chi connectivity index (χ1v) is 5.46. The number of ether oxygens (including phenoxy) is 1. The highest BCUT2D eigenvalue weighted by atomic mass is 32.1. The summed E-state index contributed by atoms with van der Waals surface area (Å²) < 4.78 is 40.9. The monoisotopic (exact) mass is 279 g/mol. The van der Waals surface area contributed by atoms with Crippen molar-refractivity contribution in [3.63, 3.8) is 0 Å². The first kappa shape index (κ1) is 14.6. The number of alkyl halides is 3. The summed E-state index contributed by atoms with van der Waals surface area (Å²) >= 11 is 4.83. The molecular formula is C10H12F3N3OS. The lowest BCUT2D eigenvalue weighted by atomic mass is 10.1. The Morgan fingerprint density at radius 1 is 1.33 bits per heavy atom.